The summed E-state index contributed by atoms with van der Waals surface area (Å²) in [6.45, 7) is 3.84. The van der Waals surface area contributed by atoms with Gasteiger partial charge in [-0.2, -0.15) is 5.26 Å². The molecular formula is C16H15N3O. The van der Waals surface area contributed by atoms with Gasteiger partial charge in [0.15, 0.2) is 0 Å². The number of carbonyl (C=O) groups is 1. The van der Waals surface area contributed by atoms with E-state index in [0.717, 1.165) is 16.8 Å². The van der Waals surface area contributed by atoms with Gasteiger partial charge in [-0.25, -0.2) is 4.79 Å². The van der Waals surface area contributed by atoms with Gasteiger partial charge < -0.3 is 10.6 Å². The number of hydrogen-bond acceptors (Lipinski definition) is 2. The number of carbonyl (C=O) groups excluding carboxylic acids is 1. The summed E-state index contributed by atoms with van der Waals surface area (Å²) in [7, 11) is 0. The van der Waals surface area contributed by atoms with Gasteiger partial charge in [-0.05, 0) is 49.2 Å². The largest absolute Gasteiger partial charge is 0.323 e. The maximum absolute atomic E-state index is 11.9. The summed E-state index contributed by atoms with van der Waals surface area (Å²) in [5, 5.41) is 14.4. The minimum Gasteiger partial charge on any atom is -0.308 e. The van der Waals surface area contributed by atoms with Crippen LogP contribution in [0.15, 0.2) is 42.5 Å². The molecule has 20 heavy (non-hydrogen) atoms. The fourth-order valence-corrected chi connectivity index (χ4v) is 1.83. The van der Waals surface area contributed by atoms with Crippen molar-refractivity contribution in [1.82, 2.24) is 0 Å². The molecule has 2 N–H and O–H groups in total. The zero-order chi connectivity index (χ0) is 14.5. The van der Waals surface area contributed by atoms with Crippen molar-refractivity contribution in [3.8, 4) is 6.07 Å². The van der Waals surface area contributed by atoms with Crippen LogP contribution in [0.2, 0.25) is 0 Å². The second-order valence-electron chi connectivity index (χ2n) is 4.59. The lowest BCUT2D eigenvalue weighted by Gasteiger charge is -2.10. The highest BCUT2D eigenvalue weighted by Crippen LogP contribution is 2.17. The molecule has 0 aromatic heterocycles. The summed E-state index contributed by atoms with van der Waals surface area (Å²) in [5.74, 6) is 0. The number of amides is 2. The molecule has 0 unspecified atom stereocenters. The third-order valence-corrected chi connectivity index (χ3v) is 2.89. The van der Waals surface area contributed by atoms with Gasteiger partial charge in [-0.3, -0.25) is 0 Å². The van der Waals surface area contributed by atoms with E-state index in [1.54, 1.807) is 18.2 Å². The second-order valence-corrected chi connectivity index (χ2v) is 4.59. The third kappa shape index (κ3) is 3.36. The van der Waals surface area contributed by atoms with E-state index < -0.39 is 0 Å². The first-order chi connectivity index (χ1) is 9.58. The standard InChI is InChI=1S/C16H15N3O/c1-11-4-3-5-14(8-11)18-16(20)19-15-9-13(10-17)7-6-12(15)2/h3-9H,1-2H3,(H2,18,19,20). The molecule has 4 nitrogen and oxygen atoms in total. The van der Waals surface area contributed by atoms with Crippen LogP contribution in [0.3, 0.4) is 0 Å². The maximum Gasteiger partial charge on any atom is 0.323 e. The van der Waals surface area contributed by atoms with Crippen molar-refractivity contribution < 1.29 is 4.79 Å². The molecule has 0 heterocycles. The molecule has 0 spiro atoms. The Balaban J connectivity index is 2.10. The lowest BCUT2D eigenvalue weighted by molar-refractivity contribution is 0.262. The molecule has 4 heteroatoms. The predicted octanol–water partition coefficient (Wildman–Crippen LogP) is 3.82. The van der Waals surface area contributed by atoms with Crippen molar-refractivity contribution in [2.75, 3.05) is 10.6 Å². The molecule has 2 aromatic rings. The van der Waals surface area contributed by atoms with E-state index in [1.807, 2.05) is 38.1 Å². The zero-order valence-corrected chi connectivity index (χ0v) is 11.4. The molecule has 0 atom stereocenters. The normalized spacial score (nSPS) is 9.65. The van der Waals surface area contributed by atoms with Crippen molar-refractivity contribution in [2.24, 2.45) is 0 Å². The van der Waals surface area contributed by atoms with E-state index in [9.17, 15) is 4.79 Å². The molecule has 0 radical (unpaired) electrons. The van der Waals surface area contributed by atoms with Crippen molar-refractivity contribution in [1.29, 1.82) is 5.26 Å². The molecule has 0 aliphatic rings. The van der Waals surface area contributed by atoms with Gasteiger partial charge in [-0.1, -0.05) is 18.2 Å². The van der Waals surface area contributed by atoms with E-state index in [0.29, 0.717) is 11.3 Å². The van der Waals surface area contributed by atoms with Crippen LogP contribution in [0.25, 0.3) is 0 Å². The summed E-state index contributed by atoms with van der Waals surface area (Å²) in [6, 6.07) is 14.5. The first kappa shape index (κ1) is 13.6. The van der Waals surface area contributed by atoms with Crippen LogP contribution in [-0.4, -0.2) is 6.03 Å². The van der Waals surface area contributed by atoms with E-state index in [-0.39, 0.29) is 6.03 Å². The molecule has 0 bridgehead atoms. The summed E-state index contributed by atoms with van der Waals surface area (Å²) in [5.41, 5.74) is 3.86. The molecule has 100 valence electrons. The van der Waals surface area contributed by atoms with Crippen LogP contribution < -0.4 is 10.6 Å². The monoisotopic (exact) mass is 265 g/mol. The molecule has 2 amide bonds. The van der Waals surface area contributed by atoms with Crippen LogP contribution in [-0.2, 0) is 0 Å². The van der Waals surface area contributed by atoms with Gasteiger partial charge in [0.2, 0.25) is 0 Å². The lowest BCUT2D eigenvalue weighted by atomic mass is 10.1. The van der Waals surface area contributed by atoms with E-state index in [2.05, 4.69) is 16.7 Å². The number of rotatable bonds is 2. The molecule has 0 aliphatic heterocycles. The Kier molecular flexibility index (Phi) is 4.02. The summed E-state index contributed by atoms with van der Waals surface area (Å²) < 4.78 is 0. The van der Waals surface area contributed by atoms with Crippen LogP contribution >= 0.6 is 0 Å². The number of aryl methyl sites for hydroxylation is 2. The third-order valence-electron chi connectivity index (χ3n) is 2.89. The van der Waals surface area contributed by atoms with Crippen molar-refractivity contribution in [3.05, 3.63) is 59.2 Å². The van der Waals surface area contributed by atoms with Crippen LogP contribution in [0.4, 0.5) is 16.2 Å². The number of benzene rings is 2. The second kappa shape index (κ2) is 5.89. The quantitative estimate of drug-likeness (QED) is 0.866. The highest BCUT2D eigenvalue weighted by molar-refractivity contribution is 6.00. The number of nitrogens with one attached hydrogen (secondary N) is 2. The van der Waals surface area contributed by atoms with Gasteiger partial charge in [0.25, 0.3) is 0 Å². The average Bonchev–Trinajstić information content (AvgIpc) is 2.41. The predicted molar refractivity (Wildman–Crippen MR) is 79.7 cm³/mol. The Morgan fingerprint density at radius 2 is 1.90 bits per heavy atom. The summed E-state index contributed by atoms with van der Waals surface area (Å²) in [4.78, 5) is 11.9. The van der Waals surface area contributed by atoms with Gasteiger partial charge in [0, 0.05) is 11.4 Å². The SMILES string of the molecule is Cc1cccc(NC(=O)Nc2cc(C#N)ccc2C)c1. The number of nitrogens with zero attached hydrogens (tertiary/aromatic N) is 1. The topological polar surface area (TPSA) is 64.9 Å². The minimum absolute atomic E-state index is 0.325. The molecule has 0 saturated carbocycles. The van der Waals surface area contributed by atoms with Gasteiger partial charge in [0.1, 0.15) is 0 Å². The number of urea groups is 1. The molecule has 0 fully saturated rings. The Morgan fingerprint density at radius 3 is 2.60 bits per heavy atom. The van der Waals surface area contributed by atoms with Crippen LogP contribution in [0.5, 0.6) is 0 Å². The first-order valence-corrected chi connectivity index (χ1v) is 6.24. The van der Waals surface area contributed by atoms with E-state index in [4.69, 9.17) is 5.26 Å². The lowest BCUT2D eigenvalue weighted by Crippen LogP contribution is -2.20. The highest BCUT2D eigenvalue weighted by Gasteiger charge is 2.06. The Hall–Kier alpha value is -2.80. The first-order valence-electron chi connectivity index (χ1n) is 6.24. The molecule has 2 rings (SSSR count). The van der Waals surface area contributed by atoms with Crippen molar-refractivity contribution in [3.63, 3.8) is 0 Å². The fourth-order valence-electron chi connectivity index (χ4n) is 1.83. The van der Waals surface area contributed by atoms with Gasteiger partial charge in [0.05, 0.1) is 11.6 Å². The minimum atomic E-state index is -0.325. The van der Waals surface area contributed by atoms with E-state index >= 15 is 0 Å². The number of nitriles is 1. The molecule has 0 aliphatic carbocycles. The molecular weight excluding hydrogens is 250 g/mol. The van der Waals surface area contributed by atoms with Gasteiger partial charge >= 0.3 is 6.03 Å². The van der Waals surface area contributed by atoms with E-state index in [1.165, 1.54) is 0 Å². The van der Waals surface area contributed by atoms with Crippen molar-refractivity contribution >= 4 is 17.4 Å². The highest BCUT2D eigenvalue weighted by atomic mass is 16.2. The zero-order valence-electron chi connectivity index (χ0n) is 11.4. The molecule has 0 saturated heterocycles. The van der Waals surface area contributed by atoms with Crippen LogP contribution in [0, 0.1) is 25.2 Å². The summed E-state index contributed by atoms with van der Waals surface area (Å²) in [6.07, 6.45) is 0. The number of anilines is 2. The fraction of sp³-hybridized carbons (Fsp3) is 0.125. The Morgan fingerprint density at radius 1 is 1.10 bits per heavy atom. The molecule has 2 aromatic carbocycles. The Labute approximate surface area is 118 Å². The smallest absolute Gasteiger partial charge is 0.308 e. The van der Waals surface area contributed by atoms with Gasteiger partial charge in [-0.15, -0.1) is 0 Å². The number of hydrogen-bond donors (Lipinski definition) is 2. The maximum atomic E-state index is 11.9. The van der Waals surface area contributed by atoms with Crippen molar-refractivity contribution in [2.45, 2.75) is 13.8 Å². The average molecular weight is 265 g/mol. The Bertz CT molecular complexity index is 686. The summed E-state index contributed by atoms with van der Waals surface area (Å²) >= 11 is 0. The van der Waals surface area contributed by atoms with Crippen LogP contribution in [0.1, 0.15) is 16.7 Å².